The normalized spacial score (nSPS) is 9.10. The molecule has 0 aliphatic rings. The van der Waals surface area contributed by atoms with Crippen LogP contribution in [0.2, 0.25) is 0 Å². The van der Waals surface area contributed by atoms with E-state index < -0.39 is 11.9 Å². The Labute approximate surface area is 99.3 Å². The van der Waals surface area contributed by atoms with Crippen LogP contribution in [-0.2, 0) is 4.79 Å². The van der Waals surface area contributed by atoms with Crippen molar-refractivity contribution in [3.63, 3.8) is 0 Å². The van der Waals surface area contributed by atoms with Gasteiger partial charge in [0.2, 0.25) is 0 Å². The summed E-state index contributed by atoms with van der Waals surface area (Å²) in [5, 5.41) is 24.8. The minimum absolute atomic E-state index is 0. The van der Waals surface area contributed by atoms with Crippen LogP contribution < -0.4 is 0 Å². The van der Waals surface area contributed by atoms with Gasteiger partial charge in [0.15, 0.2) is 0 Å². The van der Waals surface area contributed by atoms with Crippen LogP contribution in [0.5, 0.6) is 0 Å². The van der Waals surface area contributed by atoms with Crippen molar-refractivity contribution >= 4 is 54.9 Å². The van der Waals surface area contributed by atoms with Crippen molar-refractivity contribution in [1.29, 1.82) is 0 Å². The van der Waals surface area contributed by atoms with E-state index in [9.17, 15) is 4.79 Å². The molecule has 58 valence electrons. The maximum atomic E-state index is 9.91. The summed E-state index contributed by atoms with van der Waals surface area (Å²) in [6.07, 6.45) is -0.174. The molecule has 0 amide bonds. The van der Waals surface area contributed by atoms with Crippen LogP contribution in [0.1, 0.15) is 6.42 Å². The number of aliphatic hydroxyl groups is 2. The average molecular weight is 273 g/mol. The van der Waals surface area contributed by atoms with Gasteiger partial charge >= 0.3 is 54.9 Å². The third kappa shape index (κ3) is 7.07. The van der Waals surface area contributed by atoms with Gasteiger partial charge in [-0.15, -0.1) is 0 Å². The van der Waals surface area contributed by atoms with Gasteiger partial charge in [-0.05, 0) is 0 Å². The first kappa shape index (κ1) is 13.5. The second-order valence-electron chi connectivity index (χ2n) is 1.83. The molecule has 0 aromatic rings. The number of carboxylic acid groups (broad SMARTS) is 1. The van der Waals surface area contributed by atoms with E-state index in [2.05, 4.69) is 0 Å². The number of rotatable bonds is 4. The van der Waals surface area contributed by atoms with Crippen LogP contribution in [0.4, 0.5) is 0 Å². The van der Waals surface area contributed by atoms with Gasteiger partial charge in [0.05, 0.1) is 6.42 Å². The molecule has 0 bridgehead atoms. The van der Waals surface area contributed by atoms with E-state index in [0.29, 0.717) is 0 Å². The van der Waals surface area contributed by atoms with E-state index in [1.54, 1.807) is 0 Å². The Morgan fingerprint density at radius 1 is 1.30 bits per heavy atom. The summed E-state index contributed by atoms with van der Waals surface area (Å²) < 4.78 is 0. The Bertz CT molecular complexity index is 91.6. The molecule has 0 spiro atoms. The quantitative estimate of drug-likeness (QED) is 0.525. The standard InChI is InChI=1S/C5H10O4.Ba.2H/c6-2-4(3-7)1-5(8)9;;;/h4,6-7H,1-3H2,(H,8,9);;;. The van der Waals surface area contributed by atoms with Crippen LogP contribution in [0.25, 0.3) is 0 Å². The van der Waals surface area contributed by atoms with Crippen molar-refractivity contribution in [2.75, 3.05) is 13.2 Å². The molecule has 0 heterocycles. The molecule has 0 saturated carbocycles. The Morgan fingerprint density at radius 2 is 1.70 bits per heavy atom. The van der Waals surface area contributed by atoms with E-state index in [1.165, 1.54) is 0 Å². The molecule has 0 fully saturated rings. The summed E-state index contributed by atoms with van der Waals surface area (Å²) in [6.45, 7) is -0.550. The predicted octanol–water partition coefficient (Wildman–Crippen LogP) is -1.85. The fraction of sp³-hybridized carbons (Fsp3) is 0.800. The molecule has 4 nitrogen and oxygen atoms in total. The van der Waals surface area contributed by atoms with Crippen LogP contribution >= 0.6 is 0 Å². The number of aliphatic hydroxyl groups excluding tert-OH is 2. The van der Waals surface area contributed by atoms with E-state index in [0.717, 1.165) is 0 Å². The van der Waals surface area contributed by atoms with E-state index in [4.69, 9.17) is 15.3 Å². The molecule has 0 aromatic heterocycles. The van der Waals surface area contributed by atoms with Crippen LogP contribution in [0, 0.1) is 5.92 Å². The number of carbonyl (C=O) groups is 1. The van der Waals surface area contributed by atoms with Crippen molar-refractivity contribution < 1.29 is 20.1 Å². The molecular weight excluding hydrogens is 261 g/mol. The molecule has 5 heteroatoms. The SMILES string of the molecule is O=C(O)CC(CO)CO.[BaH2]. The van der Waals surface area contributed by atoms with E-state index in [-0.39, 0.29) is 68.5 Å². The molecule has 0 unspecified atom stereocenters. The summed E-state index contributed by atoms with van der Waals surface area (Å²) >= 11 is 0. The Hall–Kier alpha value is 0.961. The number of aliphatic carboxylic acids is 1. The molecule has 0 aliphatic heterocycles. The molecule has 0 saturated heterocycles. The molecule has 3 N–H and O–H groups in total. The summed E-state index contributed by atoms with van der Waals surface area (Å²) in [7, 11) is 0. The second kappa shape index (κ2) is 8.06. The van der Waals surface area contributed by atoms with Crippen LogP contribution in [0.15, 0.2) is 0 Å². The van der Waals surface area contributed by atoms with Gasteiger partial charge in [0.1, 0.15) is 0 Å². The van der Waals surface area contributed by atoms with Gasteiger partial charge in [-0.3, -0.25) is 4.79 Å². The zero-order chi connectivity index (χ0) is 7.28. The Balaban J connectivity index is 0. The van der Waals surface area contributed by atoms with Gasteiger partial charge in [-0.25, -0.2) is 0 Å². The van der Waals surface area contributed by atoms with Gasteiger partial charge < -0.3 is 15.3 Å². The first-order valence-electron chi connectivity index (χ1n) is 2.64. The van der Waals surface area contributed by atoms with E-state index >= 15 is 0 Å². The second-order valence-corrected chi connectivity index (χ2v) is 1.83. The average Bonchev–Trinajstić information content (AvgIpc) is 1.82. The summed E-state index contributed by atoms with van der Waals surface area (Å²) in [5.74, 6) is -1.51. The summed E-state index contributed by atoms with van der Waals surface area (Å²) in [6, 6.07) is 0. The monoisotopic (exact) mass is 274 g/mol. The fourth-order valence-corrected chi connectivity index (χ4v) is 0.434. The zero-order valence-corrected chi connectivity index (χ0v) is 4.95. The predicted molar refractivity (Wildman–Crippen MR) is 38.5 cm³/mol. The first-order chi connectivity index (χ1) is 4.20. The molecule has 0 rings (SSSR count). The topological polar surface area (TPSA) is 77.8 Å². The van der Waals surface area contributed by atoms with Crippen molar-refractivity contribution in [1.82, 2.24) is 0 Å². The van der Waals surface area contributed by atoms with Gasteiger partial charge in [-0.1, -0.05) is 0 Å². The summed E-state index contributed by atoms with van der Waals surface area (Å²) in [5.41, 5.74) is 0. The van der Waals surface area contributed by atoms with Crippen LogP contribution in [0.3, 0.4) is 0 Å². The molecule has 0 aromatic carbocycles. The number of hydrogen-bond acceptors (Lipinski definition) is 3. The molecule has 0 radical (unpaired) electrons. The van der Waals surface area contributed by atoms with Crippen molar-refractivity contribution in [3.05, 3.63) is 0 Å². The number of carboxylic acids is 1. The van der Waals surface area contributed by atoms with Gasteiger partial charge in [-0.2, -0.15) is 0 Å². The third-order valence-corrected chi connectivity index (χ3v) is 0.980. The Morgan fingerprint density at radius 3 is 1.80 bits per heavy atom. The minimum atomic E-state index is -0.997. The maximum absolute atomic E-state index is 9.91. The van der Waals surface area contributed by atoms with Crippen molar-refractivity contribution in [2.24, 2.45) is 5.92 Å². The van der Waals surface area contributed by atoms with Crippen molar-refractivity contribution in [2.45, 2.75) is 6.42 Å². The molecule has 0 aliphatic carbocycles. The zero-order valence-electron chi connectivity index (χ0n) is 4.95. The molecule has 10 heavy (non-hydrogen) atoms. The van der Waals surface area contributed by atoms with Gasteiger partial charge in [0, 0.05) is 19.1 Å². The first-order valence-corrected chi connectivity index (χ1v) is 2.64. The fourth-order valence-electron chi connectivity index (χ4n) is 0.434. The summed E-state index contributed by atoms with van der Waals surface area (Å²) in [4.78, 5) is 9.91. The third-order valence-electron chi connectivity index (χ3n) is 0.980. The van der Waals surface area contributed by atoms with Gasteiger partial charge in [0.25, 0.3) is 0 Å². The molecule has 0 atom stereocenters. The molecular formula is C5H12BaO4. The van der Waals surface area contributed by atoms with E-state index in [1.807, 2.05) is 0 Å². The number of hydrogen-bond donors (Lipinski definition) is 3. The van der Waals surface area contributed by atoms with Crippen LogP contribution in [-0.4, -0.2) is 83.4 Å². The Kier molecular flexibility index (Phi) is 10.9. The van der Waals surface area contributed by atoms with Crippen molar-refractivity contribution in [3.8, 4) is 0 Å².